The summed E-state index contributed by atoms with van der Waals surface area (Å²) in [6.45, 7) is 0. The summed E-state index contributed by atoms with van der Waals surface area (Å²) in [4.78, 5) is 21.0. The maximum atomic E-state index is 14.0. The van der Waals surface area contributed by atoms with Crippen molar-refractivity contribution in [3.63, 3.8) is 0 Å². The van der Waals surface area contributed by atoms with Crippen molar-refractivity contribution in [2.45, 2.75) is 6.04 Å². The van der Waals surface area contributed by atoms with E-state index in [4.69, 9.17) is 34.2 Å². The van der Waals surface area contributed by atoms with Crippen LogP contribution < -0.4 is 11.1 Å². The van der Waals surface area contributed by atoms with Gasteiger partial charge in [0.25, 0.3) is 5.91 Å². The van der Waals surface area contributed by atoms with Gasteiger partial charge in [-0.1, -0.05) is 41.4 Å². The van der Waals surface area contributed by atoms with Gasteiger partial charge in [-0.3, -0.25) is 4.79 Å². The molecule has 32 heavy (non-hydrogen) atoms. The first-order chi connectivity index (χ1) is 15.4. The number of hydrogen-bond donors (Lipinski definition) is 2. The number of aliphatic imine (C=N–C) groups is 2. The molecule has 160 valence electrons. The minimum absolute atomic E-state index is 0.0622. The van der Waals surface area contributed by atoms with E-state index in [1.54, 1.807) is 48.5 Å². The van der Waals surface area contributed by atoms with Crippen LogP contribution in [0.15, 0.2) is 70.6 Å². The number of rotatable bonds is 6. The molecule has 0 heterocycles. The Balaban J connectivity index is 2.06. The van der Waals surface area contributed by atoms with Crippen molar-refractivity contribution in [3.8, 4) is 6.07 Å². The maximum Gasteiger partial charge on any atom is 0.252 e. The van der Waals surface area contributed by atoms with Gasteiger partial charge in [0.2, 0.25) is 0 Å². The summed E-state index contributed by atoms with van der Waals surface area (Å²) in [5, 5.41) is 12.8. The number of carbonyl (C=O) groups is 1. The van der Waals surface area contributed by atoms with E-state index in [9.17, 15) is 9.18 Å². The molecule has 0 radical (unpaired) electrons. The van der Waals surface area contributed by atoms with Gasteiger partial charge < -0.3 is 11.1 Å². The first-order valence-electron chi connectivity index (χ1n) is 9.24. The van der Waals surface area contributed by atoms with Crippen molar-refractivity contribution in [1.29, 1.82) is 5.26 Å². The van der Waals surface area contributed by atoms with E-state index >= 15 is 0 Å². The van der Waals surface area contributed by atoms with Crippen LogP contribution in [0.2, 0.25) is 10.0 Å². The first kappa shape index (κ1) is 22.9. The Morgan fingerprint density at radius 2 is 1.81 bits per heavy atom. The fraction of sp³-hybridized carbons (Fsp3) is 0.0435. The number of nitrogens with two attached hydrogens (primary N) is 1. The summed E-state index contributed by atoms with van der Waals surface area (Å²) in [5.74, 6) is -1.32. The Morgan fingerprint density at radius 3 is 2.47 bits per heavy atom. The molecule has 6 nitrogen and oxygen atoms in total. The summed E-state index contributed by atoms with van der Waals surface area (Å²) < 4.78 is 14.0. The third kappa shape index (κ3) is 5.49. The third-order valence-electron chi connectivity index (χ3n) is 4.48. The van der Waals surface area contributed by atoms with Gasteiger partial charge in [0.1, 0.15) is 18.2 Å². The SMILES string of the molecule is N#Cc1ccc(C(=O)NC(c2ccc(Cl)cc2)c2ccc(Cl)cc2N=CN=CN)cc1F. The number of nitrogens with zero attached hydrogens (tertiary/aromatic N) is 3. The van der Waals surface area contributed by atoms with Crippen LogP contribution in [-0.4, -0.2) is 18.6 Å². The largest absolute Gasteiger partial charge is 0.390 e. The molecule has 0 spiro atoms. The molecule has 0 aliphatic heterocycles. The molecule has 3 aromatic carbocycles. The quantitative estimate of drug-likeness (QED) is 0.385. The van der Waals surface area contributed by atoms with Crippen LogP contribution in [0.25, 0.3) is 0 Å². The number of nitrogens with one attached hydrogen (secondary N) is 1. The van der Waals surface area contributed by atoms with E-state index in [1.807, 2.05) is 0 Å². The highest BCUT2D eigenvalue weighted by molar-refractivity contribution is 6.31. The number of hydrogen-bond acceptors (Lipinski definition) is 3. The minimum Gasteiger partial charge on any atom is -0.390 e. The van der Waals surface area contributed by atoms with Crippen LogP contribution in [0.5, 0.6) is 0 Å². The second-order valence-corrected chi connectivity index (χ2v) is 7.38. The zero-order chi connectivity index (χ0) is 23.1. The van der Waals surface area contributed by atoms with Crippen molar-refractivity contribution in [1.82, 2.24) is 5.32 Å². The van der Waals surface area contributed by atoms with Gasteiger partial charge in [-0.15, -0.1) is 0 Å². The van der Waals surface area contributed by atoms with E-state index in [0.717, 1.165) is 12.4 Å². The Morgan fingerprint density at radius 1 is 1.09 bits per heavy atom. The molecule has 0 saturated heterocycles. The van der Waals surface area contributed by atoms with E-state index in [2.05, 4.69) is 15.3 Å². The van der Waals surface area contributed by atoms with Crippen LogP contribution in [-0.2, 0) is 0 Å². The molecule has 3 rings (SSSR count). The molecule has 0 aliphatic carbocycles. The van der Waals surface area contributed by atoms with Gasteiger partial charge in [0.15, 0.2) is 0 Å². The second-order valence-electron chi connectivity index (χ2n) is 6.51. The van der Waals surface area contributed by atoms with Gasteiger partial charge >= 0.3 is 0 Å². The molecule has 1 amide bonds. The molecule has 1 atom stereocenters. The predicted molar refractivity (Wildman–Crippen MR) is 124 cm³/mol. The zero-order valence-electron chi connectivity index (χ0n) is 16.5. The topological polar surface area (TPSA) is 104 Å². The standard InChI is InChI=1S/C23H16Cl2FN5O/c24-17-5-3-14(4-6-17)22(19-8-7-18(25)10-21(19)30-13-29-12-28)31-23(32)15-1-2-16(11-27)20(26)9-15/h1-10,12-13,22H,(H,31,32)(H2,28,29,30). The number of amides is 1. The van der Waals surface area contributed by atoms with E-state index in [0.29, 0.717) is 26.9 Å². The number of nitriles is 1. The van der Waals surface area contributed by atoms with Gasteiger partial charge in [0.05, 0.1) is 23.6 Å². The third-order valence-corrected chi connectivity index (χ3v) is 4.97. The Kier molecular flexibility index (Phi) is 7.55. The van der Waals surface area contributed by atoms with Crippen LogP contribution in [0.1, 0.15) is 33.1 Å². The summed E-state index contributed by atoms with van der Waals surface area (Å²) in [5.41, 5.74) is 6.95. The average molecular weight is 468 g/mol. The predicted octanol–water partition coefficient (Wildman–Crippen LogP) is 5.17. The smallest absolute Gasteiger partial charge is 0.252 e. The molecule has 0 aliphatic rings. The molecule has 3 aromatic rings. The van der Waals surface area contributed by atoms with Crippen LogP contribution in [0.4, 0.5) is 10.1 Å². The van der Waals surface area contributed by atoms with Crippen LogP contribution in [0.3, 0.4) is 0 Å². The molecule has 3 N–H and O–H groups in total. The van der Waals surface area contributed by atoms with Gasteiger partial charge in [-0.05, 0) is 48.0 Å². The lowest BCUT2D eigenvalue weighted by Gasteiger charge is -2.22. The number of halogens is 3. The van der Waals surface area contributed by atoms with Crippen LogP contribution >= 0.6 is 23.2 Å². The molecular weight excluding hydrogens is 452 g/mol. The lowest BCUT2D eigenvalue weighted by Crippen LogP contribution is -2.29. The van der Waals surface area contributed by atoms with Crippen molar-refractivity contribution < 1.29 is 9.18 Å². The van der Waals surface area contributed by atoms with E-state index in [1.165, 1.54) is 18.5 Å². The van der Waals surface area contributed by atoms with E-state index in [-0.39, 0.29) is 11.1 Å². The lowest BCUT2D eigenvalue weighted by atomic mass is 9.96. The summed E-state index contributed by atoms with van der Waals surface area (Å²) in [6.07, 6.45) is 2.34. The molecule has 0 saturated carbocycles. The van der Waals surface area contributed by atoms with Gasteiger partial charge in [0, 0.05) is 21.2 Å². The fourth-order valence-corrected chi connectivity index (χ4v) is 3.26. The molecular formula is C23H16Cl2FN5O. The highest BCUT2D eigenvalue weighted by Crippen LogP contribution is 2.33. The molecule has 0 aromatic heterocycles. The summed E-state index contributed by atoms with van der Waals surface area (Å²) >= 11 is 12.2. The Hall–Kier alpha value is -3.73. The normalized spacial score (nSPS) is 12.1. The maximum absolute atomic E-state index is 14.0. The van der Waals surface area contributed by atoms with Crippen molar-refractivity contribution >= 4 is 47.5 Å². The fourth-order valence-electron chi connectivity index (χ4n) is 2.96. The lowest BCUT2D eigenvalue weighted by molar-refractivity contribution is 0.0942. The van der Waals surface area contributed by atoms with Crippen molar-refractivity contribution in [3.05, 3.63) is 98.8 Å². The van der Waals surface area contributed by atoms with Crippen molar-refractivity contribution in [2.75, 3.05) is 0 Å². The van der Waals surface area contributed by atoms with Crippen LogP contribution in [0, 0.1) is 17.1 Å². The summed E-state index contributed by atoms with van der Waals surface area (Å²) in [7, 11) is 0. The summed E-state index contributed by atoms with van der Waals surface area (Å²) in [6, 6.07) is 16.6. The highest BCUT2D eigenvalue weighted by Gasteiger charge is 2.22. The molecule has 9 heteroatoms. The van der Waals surface area contributed by atoms with Gasteiger partial charge in [-0.25, -0.2) is 14.4 Å². The number of benzene rings is 3. The zero-order valence-corrected chi connectivity index (χ0v) is 18.0. The average Bonchev–Trinajstić information content (AvgIpc) is 2.78. The molecule has 0 bridgehead atoms. The Bertz CT molecular complexity index is 1240. The monoisotopic (exact) mass is 467 g/mol. The highest BCUT2D eigenvalue weighted by atomic mass is 35.5. The van der Waals surface area contributed by atoms with Crippen molar-refractivity contribution in [2.24, 2.45) is 15.7 Å². The number of carbonyl (C=O) groups excluding carboxylic acids is 1. The molecule has 1 unspecified atom stereocenters. The second kappa shape index (κ2) is 10.5. The molecule has 0 fully saturated rings. The minimum atomic E-state index is -0.778. The van der Waals surface area contributed by atoms with E-state index < -0.39 is 17.8 Å². The first-order valence-corrected chi connectivity index (χ1v) is 10.00. The van der Waals surface area contributed by atoms with Gasteiger partial charge in [-0.2, -0.15) is 5.26 Å². The Labute approximate surface area is 193 Å².